The Balaban J connectivity index is 1.96. The van der Waals surface area contributed by atoms with E-state index in [-0.39, 0.29) is 0 Å². The average Bonchev–Trinajstić information content (AvgIpc) is 2.66. The highest BCUT2D eigenvalue weighted by Gasteiger charge is 2.22. The van der Waals surface area contributed by atoms with Gasteiger partial charge in [0, 0.05) is 0 Å². The topological polar surface area (TPSA) is 37.3 Å². The van der Waals surface area contributed by atoms with Crippen LogP contribution in [0.4, 0.5) is 0 Å². The molecule has 0 aromatic heterocycles. The number of rotatable bonds is 9. The number of benzene rings is 1. The van der Waals surface area contributed by atoms with Crippen molar-refractivity contribution >= 4 is 11.5 Å². The molecule has 0 spiro atoms. The highest BCUT2D eigenvalue weighted by molar-refractivity contribution is 6.15. The molecule has 142 valence electrons. The smallest absolute Gasteiger partial charge is 0.336 e. The first kappa shape index (κ1) is 20.5. The number of carbonyl (C=O) groups is 1. The van der Waals surface area contributed by atoms with E-state index in [9.17, 15) is 9.90 Å². The van der Waals surface area contributed by atoms with Gasteiger partial charge in [0.25, 0.3) is 0 Å². The molecule has 0 amide bonds. The first-order chi connectivity index (χ1) is 12.7. The summed E-state index contributed by atoms with van der Waals surface area (Å²) < 4.78 is 0. The van der Waals surface area contributed by atoms with Crippen molar-refractivity contribution < 1.29 is 9.90 Å². The standard InChI is InChI=1S/C24H34O2/c1-3-5-7-9-19-11-13-20(14-12-19)21-15-17-22(18-16-21)23(24(25)26)10-8-6-4-2/h6,8,10,15-20H,3-5,7,9,11-14H2,1-2H3,(H,25,26)/t19-,20-. The molecule has 0 saturated heterocycles. The van der Waals surface area contributed by atoms with Gasteiger partial charge in [0.1, 0.15) is 0 Å². The van der Waals surface area contributed by atoms with Crippen LogP contribution in [0.15, 0.2) is 42.5 Å². The Kier molecular flexibility index (Phi) is 8.67. The van der Waals surface area contributed by atoms with Crippen molar-refractivity contribution in [3.05, 3.63) is 53.6 Å². The molecule has 1 fully saturated rings. The summed E-state index contributed by atoms with van der Waals surface area (Å²) >= 11 is 0. The van der Waals surface area contributed by atoms with Gasteiger partial charge in [0.2, 0.25) is 0 Å². The summed E-state index contributed by atoms with van der Waals surface area (Å²) in [5, 5.41) is 9.46. The largest absolute Gasteiger partial charge is 0.478 e. The van der Waals surface area contributed by atoms with E-state index < -0.39 is 5.97 Å². The Morgan fingerprint density at radius 3 is 2.35 bits per heavy atom. The zero-order chi connectivity index (χ0) is 18.8. The van der Waals surface area contributed by atoms with Crippen molar-refractivity contribution in [1.29, 1.82) is 0 Å². The lowest BCUT2D eigenvalue weighted by Crippen LogP contribution is -2.13. The summed E-state index contributed by atoms with van der Waals surface area (Å²) in [4.78, 5) is 11.5. The van der Waals surface area contributed by atoms with Crippen LogP contribution in [0.25, 0.3) is 5.57 Å². The molecule has 0 unspecified atom stereocenters. The van der Waals surface area contributed by atoms with Crippen molar-refractivity contribution in [2.24, 2.45) is 5.92 Å². The van der Waals surface area contributed by atoms with Gasteiger partial charge < -0.3 is 5.11 Å². The Labute approximate surface area is 159 Å². The van der Waals surface area contributed by atoms with E-state index in [1.54, 1.807) is 6.08 Å². The molecule has 0 bridgehead atoms. The van der Waals surface area contributed by atoms with Gasteiger partial charge in [-0.1, -0.05) is 75.9 Å². The lowest BCUT2D eigenvalue weighted by atomic mass is 9.77. The molecular formula is C24H34O2. The molecule has 1 saturated carbocycles. The average molecular weight is 355 g/mol. The summed E-state index contributed by atoms with van der Waals surface area (Å²) in [6.45, 7) is 4.31. The van der Waals surface area contributed by atoms with Crippen LogP contribution < -0.4 is 0 Å². The number of hydrogen-bond donors (Lipinski definition) is 1. The molecule has 0 heterocycles. The quantitative estimate of drug-likeness (QED) is 0.295. The second kappa shape index (κ2) is 11.0. The minimum Gasteiger partial charge on any atom is -0.478 e. The fourth-order valence-corrected chi connectivity index (χ4v) is 3.99. The summed E-state index contributed by atoms with van der Waals surface area (Å²) in [5.41, 5.74) is 2.52. The predicted octanol–water partition coefficient (Wildman–Crippen LogP) is 6.97. The van der Waals surface area contributed by atoms with Crippen LogP contribution in [0.3, 0.4) is 0 Å². The fourth-order valence-electron chi connectivity index (χ4n) is 3.99. The zero-order valence-corrected chi connectivity index (χ0v) is 16.4. The number of allylic oxidation sites excluding steroid dienone is 3. The van der Waals surface area contributed by atoms with E-state index in [0.717, 1.165) is 17.9 Å². The maximum atomic E-state index is 11.5. The molecule has 1 aromatic carbocycles. The van der Waals surface area contributed by atoms with Gasteiger partial charge in [-0.2, -0.15) is 0 Å². The molecule has 0 atom stereocenters. The minimum absolute atomic E-state index is 0.362. The third-order valence-corrected chi connectivity index (χ3v) is 5.62. The molecule has 1 N–H and O–H groups in total. The van der Waals surface area contributed by atoms with Gasteiger partial charge in [0.05, 0.1) is 5.57 Å². The van der Waals surface area contributed by atoms with Crippen molar-refractivity contribution in [1.82, 2.24) is 0 Å². The number of carboxylic acids is 1. The Morgan fingerprint density at radius 1 is 1.08 bits per heavy atom. The summed E-state index contributed by atoms with van der Waals surface area (Å²) in [5.74, 6) is 0.693. The normalized spacial score (nSPS) is 21.2. The van der Waals surface area contributed by atoms with Gasteiger partial charge >= 0.3 is 5.97 Å². The third-order valence-electron chi connectivity index (χ3n) is 5.62. The highest BCUT2D eigenvalue weighted by Crippen LogP contribution is 2.38. The van der Waals surface area contributed by atoms with Crippen LogP contribution in [0.2, 0.25) is 0 Å². The molecule has 1 aliphatic carbocycles. The van der Waals surface area contributed by atoms with E-state index in [4.69, 9.17) is 0 Å². The lowest BCUT2D eigenvalue weighted by Gasteiger charge is -2.29. The van der Waals surface area contributed by atoms with Crippen LogP contribution in [0.5, 0.6) is 0 Å². The van der Waals surface area contributed by atoms with Crippen LogP contribution >= 0.6 is 0 Å². The lowest BCUT2D eigenvalue weighted by molar-refractivity contribution is -0.130. The van der Waals surface area contributed by atoms with Gasteiger partial charge in [-0.25, -0.2) is 4.79 Å². The van der Waals surface area contributed by atoms with Crippen LogP contribution in [-0.2, 0) is 4.79 Å². The number of unbranched alkanes of at least 4 members (excludes halogenated alkanes) is 2. The molecular weight excluding hydrogens is 320 g/mol. The van der Waals surface area contributed by atoms with E-state index >= 15 is 0 Å². The van der Waals surface area contributed by atoms with Crippen molar-refractivity contribution in [3.63, 3.8) is 0 Å². The maximum Gasteiger partial charge on any atom is 0.336 e. The molecule has 2 nitrogen and oxygen atoms in total. The van der Waals surface area contributed by atoms with Gasteiger partial charge in [0.15, 0.2) is 0 Å². The molecule has 0 aliphatic heterocycles. The van der Waals surface area contributed by atoms with E-state index in [1.807, 2.05) is 31.2 Å². The van der Waals surface area contributed by atoms with Crippen LogP contribution in [0, 0.1) is 5.92 Å². The molecule has 0 radical (unpaired) electrons. The molecule has 1 aromatic rings. The predicted molar refractivity (Wildman–Crippen MR) is 110 cm³/mol. The maximum absolute atomic E-state index is 11.5. The molecule has 26 heavy (non-hydrogen) atoms. The number of hydrogen-bond acceptors (Lipinski definition) is 1. The first-order valence-electron chi connectivity index (χ1n) is 10.4. The van der Waals surface area contributed by atoms with E-state index in [1.165, 1.54) is 56.9 Å². The Morgan fingerprint density at radius 2 is 1.77 bits per heavy atom. The summed E-state index contributed by atoms with van der Waals surface area (Å²) in [6.07, 6.45) is 17.1. The second-order valence-electron chi connectivity index (χ2n) is 7.56. The monoisotopic (exact) mass is 354 g/mol. The zero-order valence-electron chi connectivity index (χ0n) is 16.4. The molecule has 2 heteroatoms. The molecule has 2 rings (SSSR count). The SMILES string of the molecule is CCC=CC=C(C(=O)O)c1ccc([C@H]2CC[C@H](CCCCC)CC2)cc1. The molecule has 1 aliphatic rings. The van der Waals surface area contributed by atoms with E-state index in [2.05, 4.69) is 19.1 Å². The van der Waals surface area contributed by atoms with E-state index in [0.29, 0.717) is 11.5 Å². The van der Waals surface area contributed by atoms with Crippen LogP contribution in [-0.4, -0.2) is 11.1 Å². The van der Waals surface area contributed by atoms with Gasteiger partial charge in [-0.15, -0.1) is 0 Å². The Hall–Kier alpha value is -1.83. The number of aliphatic carboxylic acids is 1. The van der Waals surface area contributed by atoms with Crippen molar-refractivity contribution in [3.8, 4) is 0 Å². The van der Waals surface area contributed by atoms with Gasteiger partial charge in [-0.3, -0.25) is 0 Å². The number of carboxylic acid groups (broad SMARTS) is 1. The summed E-state index contributed by atoms with van der Waals surface area (Å²) in [7, 11) is 0. The van der Waals surface area contributed by atoms with Gasteiger partial charge in [-0.05, 0) is 61.1 Å². The second-order valence-corrected chi connectivity index (χ2v) is 7.56. The van der Waals surface area contributed by atoms with Crippen LogP contribution in [0.1, 0.15) is 88.7 Å². The highest BCUT2D eigenvalue weighted by atomic mass is 16.4. The first-order valence-corrected chi connectivity index (χ1v) is 10.4. The van der Waals surface area contributed by atoms with Crippen molar-refractivity contribution in [2.45, 2.75) is 77.6 Å². The minimum atomic E-state index is -0.869. The Bertz CT molecular complexity index is 602. The third kappa shape index (κ3) is 6.16. The summed E-state index contributed by atoms with van der Waals surface area (Å²) in [6, 6.07) is 8.22. The van der Waals surface area contributed by atoms with Crippen molar-refractivity contribution in [2.75, 3.05) is 0 Å². The fraction of sp³-hybridized carbons (Fsp3) is 0.542.